The summed E-state index contributed by atoms with van der Waals surface area (Å²) in [6.07, 6.45) is 3.63. The lowest BCUT2D eigenvalue weighted by molar-refractivity contribution is -0.131. The lowest BCUT2D eigenvalue weighted by atomic mass is 10.2. The molecule has 2 aromatic rings. The van der Waals surface area contributed by atoms with E-state index in [1.165, 1.54) is 0 Å². The number of hydrogen-bond donors (Lipinski definition) is 1. The molecule has 1 N–H and O–H groups in total. The van der Waals surface area contributed by atoms with Crippen LogP contribution in [0, 0.1) is 0 Å². The molecule has 1 aliphatic heterocycles. The minimum atomic E-state index is 0. The van der Waals surface area contributed by atoms with Crippen LogP contribution in [-0.2, 0) is 11.2 Å². The standard InChI is InChI=1S/C17H20ClN3O2.2ClH/c1-21(14-8-9-19-10-14)17(22)7-6-16-20-11-15(23-16)12-2-4-13(18)5-3-12;;/h2-5,11,14,19H,6-10H2,1H3;2*1H. The summed E-state index contributed by atoms with van der Waals surface area (Å²) in [6, 6.07) is 7.70. The van der Waals surface area contributed by atoms with Crippen LogP contribution in [0.3, 0.4) is 0 Å². The topological polar surface area (TPSA) is 58.4 Å². The number of likely N-dealkylation sites (N-methyl/N-ethyl adjacent to an activating group) is 1. The molecular formula is C17H22Cl3N3O2. The molecule has 1 aromatic heterocycles. The zero-order valence-electron chi connectivity index (χ0n) is 13.9. The second-order valence-electron chi connectivity index (χ2n) is 5.78. The van der Waals surface area contributed by atoms with E-state index in [2.05, 4.69) is 10.3 Å². The predicted molar refractivity (Wildman–Crippen MR) is 104 cm³/mol. The van der Waals surface area contributed by atoms with E-state index < -0.39 is 0 Å². The van der Waals surface area contributed by atoms with Crippen LogP contribution in [0.1, 0.15) is 18.7 Å². The zero-order valence-corrected chi connectivity index (χ0v) is 16.3. The van der Waals surface area contributed by atoms with Gasteiger partial charge in [-0.1, -0.05) is 11.6 Å². The van der Waals surface area contributed by atoms with Crippen LogP contribution in [-0.4, -0.2) is 42.0 Å². The van der Waals surface area contributed by atoms with Crippen molar-refractivity contribution in [1.29, 1.82) is 0 Å². The zero-order chi connectivity index (χ0) is 16.2. The number of rotatable bonds is 5. The van der Waals surface area contributed by atoms with Crippen molar-refractivity contribution < 1.29 is 9.21 Å². The third kappa shape index (κ3) is 5.61. The molecule has 1 aliphatic rings. The van der Waals surface area contributed by atoms with E-state index in [1.54, 1.807) is 6.20 Å². The number of carbonyl (C=O) groups is 1. The fourth-order valence-corrected chi connectivity index (χ4v) is 2.86. The lowest BCUT2D eigenvalue weighted by Gasteiger charge is -2.23. The molecule has 0 saturated carbocycles. The van der Waals surface area contributed by atoms with Gasteiger partial charge in [-0.2, -0.15) is 0 Å². The van der Waals surface area contributed by atoms with E-state index in [4.69, 9.17) is 16.0 Å². The Balaban J connectivity index is 0.00000156. The molecule has 0 aliphatic carbocycles. The average Bonchev–Trinajstić information content (AvgIpc) is 3.24. The lowest BCUT2D eigenvalue weighted by Crippen LogP contribution is -2.38. The molecular weight excluding hydrogens is 385 g/mol. The third-order valence-electron chi connectivity index (χ3n) is 4.21. The number of oxazole rings is 1. The van der Waals surface area contributed by atoms with Crippen LogP contribution >= 0.6 is 36.4 Å². The highest BCUT2D eigenvalue weighted by Gasteiger charge is 2.23. The van der Waals surface area contributed by atoms with Crippen molar-refractivity contribution in [2.45, 2.75) is 25.3 Å². The summed E-state index contributed by atoms with van der Waals surface area (Å²) in [5, 5.41) is 3.96. The molecule has 1 atom stereocenters. The van der Waals surface area contributed by atoms with Gasteiger partial charge in [0.05, 0.1) is 6.20 Å². The summed E-state index contributed by atoms with van der Waals surface area (Å²) in [5.74, 6) is 1.41. The van der Waals surface area contributed by atoms with Crippen LogP contribution in [0.15, 0.2) is 34.9 Å². The Morgan fingerprint density at radius 2 is 2.08 bits per heavy atom. The predicted octanol–water partition coefficient (Wildman–Crippen LogP) is 3.59. The van der Waals surface area contributed by atoms with Crippen molar-refractivity contribution in [2.75, 3.05) is 20.1 Å². The number of carbonyl (C=O) groups excluding carboxylic acids is 1. The molecule has 2 heterocycles. The SMILES string of the molecule is CN(C(=O)CCc1ncc(-c2ccc(Cl)cc2)o1)C1CCNC1.Cl.Cl. The molecule has 8 heteroatoms. The molecule has 1 fully saturated rings. The van der Waals surface area contributed by atoms with Crippen LogP contribution < -0.4 is 5.32 Å². The van der Waals surface area contributed by atoms with Crippen molar-refractivity contribution in [2.24, 2.45) is 0 Å². The summed E-state index contributed by atoms with van der Waals surface area (Å²) < 4.78 is 5.73. The highest BCUT2D eigenvalue weighted by Crippen LogP contribution is 2.22. The Bertz CT molecular complexity index is 670. The van der Waals surface area contributed by atoms with Crippen molar-refractivity contribution in [3.8, 4) is 11.3 Å². The van der Waals surface area contributed by atoms with E-state index in [0.29, 0.717) is 35.6 Å². The largest absolute Gasteiger partial charge is 0.441 e. The third-order valence-corrected chi connectivity index (χ3v) is 4.46. The Morgan fingerprint density at radius 1 is 1.36 bits per heavy atom. The Labute approximate surface area is 164 Å². The summed E-state index contributed by atoms with van der Waals surface area (Å²) >= 11 is 5.88. The highest BCUT2D eigenvalue weighted by atomic mass is 35.5. The molecule has 3 rings (SSSR count). The molecule has 5 nitrogen and oxygen atoms in total. The maximum Gasteiger partial charge on any atom is 0.223 e. The molecule has 0 bridgehead atoms. The van der Waals surface area contributed by atoms with Crippen LogP contribution in [0.2, 0.25) is 5.02 Å². The second-order valence-corrected chi connectivity index (χ2v) is 6.21. The Morgan fingerprint density at radius 3 is 2.72 bits per heavy atom. The first-order valence-electron chi connectivity index (χ1n) is 7.80. The normalized spacial score (nSPS) is 16.0. The Hall–Kier alpha value is -1.27. The van der Waals surface area contributed by atoms with E-state index in [9.17, 15) is 4.79 Å². The van der Waals surface area contributed by atoms with Gasteiger partial charge in [0.25, 0.3) is 0 Å². The average molecular weight is 407 g/mol. The minimum Gasteiger partial charge on any atom is -0.441 e. The van der Waals surface area contributed by atoms with Crippen LogP contribution in [0.25, 0.3) is 11.3 Å². The number of amides is 1. The van der Waals surface area contributed by atoms with Gasteiger partial charge in [0.1, 0.15) is 0 Å². The van der Waals surface area contributed by atoms with E-state index in [0.717, 1.165) is 25.1 Å². The van der Waals surface area contributed by atoms with Gasteiger partial charge in [0, 0.05) is 43.1 Å². The number of aryl methyl sites for hydroxylation is 1. The first-order valence-corrected chi connectivity index (χ1v) is 8.18. The summed E-state index contributed by atoms with van der Waals surface area (Å²) in [7, 11) is 1.87. The molecule has 138 valence electrons. The fraction of sp³-hybridized carbons (Fsp3) is 0.412. The number of hydrogen-bond acceptors (Lipinski definition) is 4. The van der Waals surface area contributed by atoms with Crippen LogP contribution in [0.5, 0.6) is 0 Å². The van der Waals surface area contributed by atoms with Gasteiger partial charge in [-0.3, -0.25) is 4.79 Å². The summed E-state index contributed by atoms with van der Waals surface area (Å²) in [5.41, 5.74) is 0.925. The minimum absolute atomic E-state index is 0. The molecule has 1 amide bonds. The van der Waals surface area contributed by atoms with Gasteiger partial charge in [-0.05, 0) is 37.2 Å². The van der Waals surface area contributed by atoms with Gasteiger partial charge in [0.2, 0.25) is 5.91 Å². The molecule has 0 radical (unpaired) electrons. The van der Waals surface area contributed by atoms with Crippen molar-refractivity contribution in [1.82, 2.24) is 15.2 Å². The molecule has 25 heavy (non-hydrogen) atoms. The maximum absolute atomic E-state index is 12.2. The van der Waals surface area contributed by atoms with Crippen LogP contribution in [0.4, 0.5) is 0 Å². The number of nitrogens with one attached hydrogen (secondary N) is 1. The van der Waals surface area contributed by atoms with E-state index >= 15 is 0 Å². The van der Waals surface area contributed by atoms with E-state index in [1.807, 2.05) is 36.2 Å². The molecule has 1 unspecified atom stereocenters. The van der Waals surface area contributed by atoms with E-state index in [-0.39, 0.29) is 30.7 Å². The summed E-state index contributed by atoms with van der Waals surface area (Å²) in [6.45, 7) is 1.86. The number of halogens is 3. The molecule has 1 aromatic carbocycles. The van der Waals surface area contributed by atoms with Gasteiger partial charge in [0.15, 0.2) is 11.7 Å². The molecule has 1 saturated heterocycles. The monoisotopic (exact) mass is 405 g/mol. The quantitative estimate of drug-likeness (QED) is 0.824. The highest BCUT2D eigenvalue weighted by molar-refractivity contribution is 6.30. The number of benzene rings is 1. The van der Waals surface area contributed by atoms with Gasteiger partial charge >= 0.3 is 0 Å². The fourth-order valence-electron chi connectivity index (χ4n) is 2.74. The second kappa shape index (κ2) is 10.0. The summed E-state index contributed by atoms with van der Waals surface area (Å²) in [4.78, 5) is 18.3. The first-order chi connectivity index (χ1) is 11.1. The first kappa shape index (κ1) is 21.8. The van der Waals surface area contributed by atoms with Crippen molar-refractivity contribution in [3.05, 3.63) is 41.4 Å². The smallest absolute Gasteiger partial charge is 0.223 e. The Kier molecular flexibility index (Phi) is 8.73. The van der Waals surface area contributed by atoms with Crippen molar-refractivity contribution >= 4 is 42.3 Å². The van der Waals surface area contributed by atoms with Gasteiger partial charge in [-0.15, -0.1) is 24.8 Å². The van der Waals surface area contributed by atoms with Gasteiger partial charge < -0.3 is 14.6 Å². The van der Waals surface area contributed by atoms with Gasteiger partial charge in [-0.25, -0.2) is 4.98 Å². The maximum atomic E-state index is 12.2. The van der Waals surface area contributed by atoms with Crippen molar-refractivity contribution in [3.63, 3.8) is 0 Å². The molecule has 0 spiro atoms. The number of nitrogens with zero attached hydrogens (tertiary/aromatic N) is 2. The number of aromatic nitrogens is 1.